The number of hydrogen-bond donors (Lipinski definition) is 2. The Morgan fingerprint density at radius 2 is 2.06 bits per heavy atom. The second kappa shape index (κ2) is 5.39. The molecule has 0 saturated carbocycles. The van der Waals surface area contributed by atoms with Crippen molar-refractivity contribution in [3.8, 4) is 11.6 Å². The van der Waals surface area contributed by atoms with Gasteiger partial charge >= 0.3 is 0 Å². The van der Waals surface area contributed by atoms with Gasteiger partial charge in [0, 0.05) is 6.07 Å². The number of halogens is 2. The number of aryl methyl sites for hydroxylation is 1. The van der Waals surface area contributed by atoms with Crippen LogP contribution >= 0.6 is 23.2 Å². The van der Waals surface area contributed by atoms with Crippen molar-refractivity contribution >= 4 is 29.0 Å². The van der Waals surface area contributed by atoms with Crippen LogP contribution in [0, 0.1) is 6.92 Å². The average Bonchev–Trinajstić information content (AvgIpc) is 2.34. The average molecular weight is 285 g/mol. The SMILES string of the molecule is Cc1nc(NN)cc(Oc2cccc(Cl)c2Cl)n1. The highest BCUT2D eigenvalue weighted by molar-refractivity contribution is 6.42. The van der Waals surface area contributed by atoms with Crippen molar-refractivity contribution in [2.75, 3.05) is 5.43 Å². The number of nitrogens with zero attached hydrogens (tertiary/aromatic N) is 2. The molecule has 0 atom stereocenters. The molecule has 0 spiro atoms. The minimum Gasteiger partial charge on any atom is -0.437 e. The molecule has 1 aromatic carbocycles. The van der Waals surface area contributed by atoms with Crippen LogP contribution in [0.1, 0.15) is 5.82 Å². The first-order chi connectivity index (χ1) is 8.60. The molecule has 0 saturated heterocycles. The molecule has 94 valence electrons. The Morgan fingerprint density at radius 3 is 2.78 bits per heavy atom. The normalized spacial score (nSPS) is 10.2. The predicted octanol–water partition coefficient (Wildman–Crippen LogP) is 3.17. The zero-order chi connectivity index (χ0) is 13.1. The van der Waals surface area contributed by atoms with E-state index in [0.717, 1.165) is 0 Å². The van der Waals surface area contributed by atoms with E-state index in [-0.39, 0.29) is 0 Å². The Labute approximate surface area is 114 Å². The molecular formula is C11H10Cl2N4O. The van der Waals surface area contributed by atoms with Crippen LogP contribution in [0.5, 0.6) is 11.6 Å². The summed E-state index contributed by atoms with van der Waals surface area (Å²) in [6.07, 6.45) is 0. The minimum absolute atomic E-state index is 0.331. The lowest BCUT2D eigenvalue weighted by Crippen LogP contribution is -2.09. The number of anilines is 1. The zero-order valence-electron chi connectivity index (χ0n) is 9.45. The fourth-order valence-corrected chi connectivity index (χ4v) is 1.67. The molecule has 3 N–H and O–H groups in total. The number of hydrogen-bond acceptors (Lipinski definition) is 5. The number of nitrogens with two attached hydrogens (primary N) is 1. The van der Waals surface area contributed by atoms with Crippen LogP contribution < -0.4 is 16.0 Å². The maximum Gasteiger partial charge on any atom is 0.224 e. The van der Waals surface area contributed by atoms with Crippen LogP contribution in [0.25, 0.3) is 0 Å². The van der Waals surface area contributed by atoms with Gasteiger partial charge in [-0.1, -0.05) is 29.3 Å². The van der Waals surface area contributed by atoms with Crippen molar-refractivity contribution in [3.63, 3.8) is 0 Å². The maximum absolute atomic E-state index is 6.02. The highest BCUT2D eigenvalue weighted by atomic mass is 35.5. The molecule has 2 rings (SSSR count). The summed E-state index contributed by atoms with van der Waals surface area (Å²) < 4.78 is 5.55. The first-order valence-electron chi connectivity index (χ1n) is 5.04. The number of benzene rings is 1. The van der Waals surface area contributed by atoms with Gasteiger partial charge < -0.3 is 10.2 Å². The van der Waals surface area contributed by atoms with Crippen molar-refractivity contribution in [1.29, 1.82) is 0 Å². The Morgan fingerprint density at radius 1 is 1.28 bits per heavy atom. The van der Waals surface area contributed by atoms with Gasteiger partial charge in [0.2, 0.25) is 5.88 Å². The highest BCUT2D eigenvalue weighted by Crippen LogP contribution is 2.34. The number of hydrazine groups is 1. The second-order valence-electron chi connectivity index (χ2n) is 3.44. The number of aromatic nitrogens is 2. The molecule has 0 fully saturated rings. The van der Waals surface area contributed by atoms with E-state index in [0.29, 0.717) is 33.3 Å². The first-order valence-corrected chi connectivity index (χ1v) is 5.80. The standard InChI is InChI=1S/C11H10Cl2N4O/c1-6-15-9(17-14)5-10(16-6)18-8-4-2-3-7(12)11(8)13/h2-5H,14H2,1H3,(H,15,16,17). The van der Waals surface area contributed by atoms with Gasteiger partial charge in [0.1, 0.15) is 22.4 Å². The van der Waals surface area contributed by atoms with E-state index in [9.17, 15) is 0 Å². The number of nitrogens with one attached hydrogen (secondary N) is 1. The van der Waals surface area contributed by atoms with E-state index < -0.39 is 0 Å². The smallest absolute Gasteiger partial charge is 0.224 e. The Bertz CT molecular complexity index is 577. The number of nitrogen functional groups attached to an aromatic ring is 1. The Balaban J connectivity index is 2.34. The molecule has 0 aliphatic heterocycles. The molecule has 18 heavy (non-hydrogen) atoms. The van der Waals surface area contributed by atoms with Gasteiger partial charge in [-0.25, -0.2) is 10.8 Å². The van der Waals surface area contributed by atoms with Gasteiger partial charge in [-0.3, -0.25) is 0 Å². The van der Waals surface area contributed by atoms with Gasteiger partial charge in [0.15, 0.2) is 0 Å². The highest BCUT2D eigenvalue weighted by Gasteiger charge is 2.08. The van der Waals surface area contributed by atoms with Gasteiger partial charge in [-0.2, -0.15) is 4.98 Å². The molecule has 0 amide bonds. The van der Waals surface area contributed by atoms with Crippen molar-refractivity contribution < 1.29 is 4.74 Å². The molecule has 0 bridgehead atoms. The van der Waals surface area contributed by atoms with Gasteiger partial charge in [0.25, 0.3) is 0 Å². The lowest BCUT2D eigenvalue weighted by molar-refractivity contribution is 0.460. The molecular weight excluding hydrogens is 275 g/mol. The van der Waals surface area contributed by atoms with Crippen LogP contribution in [-0.2, 0) is 0 Å². The molecule has 0 aliphatic rings. The molecule has 5 nitrogen and oxygen atoms in total. The Hall–Kier alpha value is -1.56. The number of rotatable bonds is 3. The fourth-order valence-electron chi connectivity index (χ4n) is 1.34. The summed E-state index contributed by atoms with van der Waals surface area (Å²) in [5.74, 6) is 7.03. The fraction of sp³-hybridized carbons (Fsp3) is 0.0909. The van der Waals surface area contributed by atoms with Crippen molar-refractivity contribution in [3.05, 3.63) is 40.1 Å². The molecule has 1 heterocycles. The van der Waals surface area contributed by atoms with Crippen molar-refractivity contribution in [1.82, 2.24) is 9.97 Å². The summed E-state index contributed by atoms with van der Waals surface area (Å²) in [4.78, 5) is 8.16. The van der Waals surface area contributed by atoms with E-state index in [4.69, 9.17) is 33.8 Å². The third kappa shape index (κ3) is 2.81. The topological polar surface area (TPSA) is 73.1 Å². The summed E-state index contributed by atoms with van der Waals surface area (Å²) >= 11 is 11.9. The second-order valence-corrected chi connectivity index (χ2v) is 4.22. The van der Waals surface area contributed by atoms with Crippen LogP contribution in [0.3, 0.4) is 0 Å². The summed E-state index contributed by atoms with van der Waals surface area (Å²) in [6.45, 7) is 1.73. The van der Waals surface area contributed by atoms with E-state index >= 15 is 0 Å². The van der Waals surface area contributed by atoms with Gasteiger partial charge in [0.05, 0.1) is 5.02 Å². The summed E-state index contributed by atoms with van der Waals surface area (Å²) in [5.41, 5.74) is 2.43. The molecule has 0 aliphatic carbocycles. The zero-order valence-corrected chi connectivity index (χ0v) is 11.0. The Kier molecular flexibility index (Phi) is 3.86. The summed E-state index contributed by atoms with van der Waals surface area (Å²) in [6, 6.07) is 6.67. The van der Waals surface area contributed by atoms with Crippen LogP contribution in [0.15, 0.2) is 24.3 Å². The van der Waals surface area contributed by atoms with Crippen LogP contribution in [-0.4, -0.2) is 9.97 Å². The monoisotopic (exact) mass is 284 g/mol. The molecule has 0 radical (unpaired) electrons. The van der Waals surface area contributed by atoms with Crippen molar-refractivity contribution in [2.45, 2.75) is 6.92 Å². The van der Waals surface area contributed by atoms with E-state index in [1.165, 1.54) is 0 Å². The first kappa shape index (κ1) is 12.9. The molecule has 1 aromatic heterocycles. The number of ether oxygens (including phenoxy) is 1. The third-order valence-corrected chi connectivity index (χ3v) is 2.89. The minimum atomic E-state index is 0.331. The van der Waals surface area contributed by atoms with Crippen molar-refractivity contribution in [2.24, 2.45) is 5.84 Å². The van der Waals surface area contributed by atoms with Gasteiger partial charge in [-0.15, -0.1) is 0 Å². The molecule has 7 heteroatoms. The third-order valence-electron chi connectivity index (χ3n) is 2.09. The van der Waals surface area contributed by atoms with Gasteiger partial charge in [-0.05, 0) is 19.1 Å². The predicted molar refractivity (Wildman–Crippen MR) is 71.1 cm³/mol. The summed E-state index contributed by atoms with van der Waals surface area (Å²) in [7, 11) is 0. The maximum atomic E-state index is 6.02. The lowest BCUT2D eigenvalue weighted by Gasteiger charge is -2.09. The van der Waals surface area contributed by atoms with Crippen LogP contribution in [0.4, 0.5) is 5.82 Å². The van der Waals surface area contributed by atoms with E-state index in [2.05, 4.69) is 15.4 Å². The largest absolute Gasteiger partial charge is 0.437 e. The quantitative estimate of drug-likeness (QED) is 0.669. The van der Waals surface area contributed by atoms with E-state index in [1.807, 2.05) is 0 Å². The van der Waals surface area contributed by atoms with Crippen LogP contribution in [0.2, 0.25) is 10.0 Å². The molecule has 2 aromatic rings. The van der Waals surface area contributed by atoms with E-state index in [1.54, 1.807) is 31.2 Å². The molecule has 0 unspecified atom stereocenters. The summed E-state index contributed by atoms with van der Waals surface area (Å²) in [5, 5.41) is 0.745. The lowest BCUT2D eigenvalue weighted by atomic mass is 10.3.